The third-order valence-corrected chi connectivity index (χ3v) is 2.71. The van der Waals surface area contributed by atoms with E-state index < -0.39 is 11.7 Å². The summed E-state index contributed by atoms with van der Waals surface area (Å²) in [6.07, 6.45) is -2.60. The van der Waals surface area contributed by atoms with Crippen LogP contribution in [0.15, 0.2) is 30.5 Å². The summed E-state index contributed by atoms with van der Waals surface area (Å²) >= 11 is 5.05. The van der Waals surface area contributed by atoms with Gasteiger partial charge in [0, 0.05) is 17.6 Å². The van der Waals surface area contributed by atoms with E-state index in [9.17, 15) is 13.2 Å². The van der Waals surface area contributed by atoms with Gasteiger partial charge in [0.05, 0.1) is 5.56 Å². The number of imidazole rings is 1. The summed E-state index contributed by atoms with van der Waals surface area (Å²) in [5.41, 5.74) is 0.789. The van der Waals surface area contributed by atoms with E-state index in [4.69, 9.17) is 12.2 Å². The van der Waals surface area contributed by atoms with Crippen LogP contribution in [-0.4, -0.2) is 9.55 Å². The first-order chi connectivity index (χ1) is 7.89. The number of aryl methyl sites for hydroxylation is 1. The maximum absolute atomic E-state index is 12.4. The number of hydrogen-bond acceptors (Lipinski definition) is 1. The number of aromatic nitrogens is 2. The van der Waals surface area contributed by atoms with Crippen molar-refractivity contribution in [3.05, 3.63) is 46.5 Å². The molecule has 90 valence electrons. The maximum atomic E-state index is 12.4. The van der Waals surface area contributed by atoms with Gasteiger partial charge in [-0.15, -0.1) is 0 Å². The number of halogens is 3. The van der Waals surface area contributed by atoms with Crippen molar-refractivity contribution >= 4 is 12.2 Å². The Labute approximate surface area is 101 Å². The van der Waals surface area contributed by atoms with Gasteiger partial charge in [-0.3, -0.25) is 4.57 Å². The molecule has 0 aliphatic carbocycles. The van der Waals surface area contributed by atoms with Crippen LogP contribution in [0.4, 0.5) is 13.2 Å². The zero-order chi connectivity index (χ0) is 12.6. The van der Waals surface area contributed by atoms with E-state index in [1.54, 1.807) is 10.8 Å². The Balaban J connectivity index is 2.47. The quantitative estimate of drug-likeness (QED) is 0.770. The number of alkyl halides is 3. The van der Waals surface area contributed by atoms with Gasteiger partial charge in [-0.25, -0.2) is 0 Å². The van der Waals surface area contributed by atoms with E-state index in [1.165, 1.54) is 12.1 Å². The smallest absolute Gasteiger partial charge is 0.337 e. The molecule has 0 bridgehead atoms. The molecule has 0 atom stereocenters. The topological polar surface area (TPSA) is 20.7 Å². The first kappa shape index (κ1) is 11.9. The number of rotatable bonds is 1. The monoisotopic (exact) mass is 258 g/mol. The highest BCUT2D eigenvalue weighted by molar-refractivity contribution is 7.71. The first-order valence-corrected chi connectivity index (χ1v) is 5.25. The van der Waals surface area contributed by atoms with Crippen LogP contribution in [0.25, 0.3) is 5.69 Å². The minimum Gasteiger partial charge on any atom is -0.337 e. The minimum absolute atomic E-state index is 0.460. The molecule has 0 aliphatic rings. The van der Waals surface area contributed by atoms with E-state index in [2.05, 4.69) is 4.98 Å². The molecule has 0 unspecified atom stereocenters. The summed E-state index contributed by atoms with van der Waals surface area (Å²) in [7, 11) is 0. The van der Waals surface area contributed by atoms with Crippen LogP contribution in [0.3, 0.4) is 0 Å². The Morgan fingerprint density at radius 3 is 2.18 bits per heavy atom. The van der Waals surface area contributed by atoms with Crippen molar-refractivity contribution in [1.29, 1.82) is 0 Å². The SMILES string of the molecule is Cc1c[nH]c(=S)n1-c1ccc(C(F)(F)F)cc1. The van der Waals surface area contributed by atoms with Crippen LogP contribution in [0.1, 0.15) is 11.3 Å². The second-order valence-electron chi connectivity index (χ2n) is 3.62. The number of hydrogen-bond donors (Lipinski definition) is 1. The van der Waals surface area contributed by atoms with Crippen LogP contribution in [0.5, 0.6) is 0 Å². The lowest BCUT2D eigenvalue weighted by atomic mass is 10.2. The van der Waals surface area contributed by atoms with Crippen molar-refractivity contribution in [2.45, 2.75) is 13.1 Å². The number of benzene rings is 1. The fourth-order valence-corrected chi connectivity index (χ4v) is 1.88. The maximum Gasteiger partial charge on any atom is 0.416 e. The molecule has 0 radical (unpaired) electrons. The highest BCUT2D eigenvalue weighted by atomic mass is 32.1. The minimum atomic E-state index is -4.31. The zero-order valence-corrected chi connectivity index (χ0v) is 9.69. The van der Waals surface area contributed by atoms with E-state index >= 15 is 0 Å². The van der Waals surface area contributed by atoms with E-state index in [1.807, 2.05) is 6.92 Å². The van der Waals surface area contributed by atoms with Gasteiger partial charge in [-0.05, 0) is 43.4 Å². The molecule has 1 heterocycles. The van der Waals surface area contributed by atoms with Crippen LogP contribution in [0.2, 0.25) is 0 Å². The Morgan fingerprint density at radius 1 is 1.18 bits per heavy atom. The fourth-order valence-electron chi connectivity index (χ4n) is 1.58. The van der Waals surface area contributed by atoms with Gasteiger partial charge in [0.2, 0.25) is 0 Å². The van der Waals surface area contributed by atoms with Gasteiger partial charge < -0.3 is 4.98 Å². The summed E-state index contributed by atoms with van der Waals surface area (Å²) in [5, 5.41) is 0. The van der Waals surface area contributed by atoms with Gasteiger partial charge in [0.1, 0.15) is 0 Å². The predicted octanol–water partition coefficient (Wildman–Crippen LogP) is 3.86. The largest absolute Gasteiger partial charge is 0.416 e. The fraction of sp³-hybridized carbons (Fsp3) is 0.182. The lowest BCUT2D eigenvalue weighted by molar-refractivity contribution is -0.137. The molecule has 6 heteroatoms. The summed E-state index contributed by atoms with van der Waals surface area (Å²) in [5.74, 6) is 0. The van der Waals surface area contributed by atoms with E-state index in [0.717, 1.165) is 17.8 Å². The summed E-state index contributed by atoms with van der Waals surface area (Å²) in [6, 6.07) is 4.89. The molecule has 0 saturated heterocycles. The highest BCUT2D eigenvalue weighted by Gasteiger charge is 2.30. The van der Waals surface area contributed by atoms with Crippen LogP contribution >= 0.6 is 12.2 Å². The molecular weight excluding hydrogens is 249 g/mol. The lowest BCUT2D eigenvalue weighted by Crippen LogP contribution is -2.05. The summed E-state index contributed by atoms with van der Waals surface area (Å²) in [4.78, 5) is 2.84. The molecular formula is C11H9F3N2S. The molecule has 0 fully saturated rings. The van der Waals surface area contributed by atoms with E-state index in [0.29, 0.717) is 10.5 Å². The van der Waals surface area contributed by atoms with Crippen molar-refractivity contribution in [3.8, 4) is 5.69 Å². The van der Waals surface area contributed by atoms with Crippen molar-refractivity contribution in [3.63, 3.8) is 0 Å². The Kier molecular flexibility index (Phi) is 2.82. The molecule has 0 saturated carbocycles. The van der Waals surface area contributed by atoms with Crippen LogP contribution in [0, 0.1) is 11.7 Å². The average Bonchev–Trinajstić information content (AvgIpc) is 2.58. The number of nitrogens with one attached hydrogen (secondary N) is 1. The molecule has 2 rings (SSSR count). The highest BCUT2D eigenvalue weighted by Crippen LogP contribution is 2.29. The first-order valence-electron chi connectivity index (χ1n) is 4.84. The van der Waals surface area contributed by atoms with Crippen LogP contribution in [-0.2, 0) is 6.18 Å². The van der Waals surface area contributed by atoms with Gasteiger partial charge in [0.15, 0.2) is 4.77 Å². The van der Waals surface area contributed by atoms with Crippen LogP contribution < -0.4 is 0 Å². The summed E-state index contributed by atoms with van der Waals surface area (Å²) < 4.78 is 39.3. The van der Waals surface area contributed by atoms with Gasteiger partial charge in [-0.1, -0.05) is 0 Å². The molecule has 2 aromatic rings. The van der Waals surface area contributed by atoms with E-state index in [-0.39, 0.29) is 0 Å². The van der Waals surface area contributed by atoms with Gasteiger partial charge in [-0.2, -0.15) is 13.2 Å². The Hall–Kier alpha value is -1.56. The molecule has 0 spiro atoms. The Bertz CT molecular complexity index is 578. The second-order valence-corrected chi connectivity index (χ2v) is 4.00. The van der Waals surface area contributed by atoms with Crippen molar-refractivity contribution in [1.82, 2.24) is 9.55 Å². The molecule has 2 nitrogen and oxygen atoms in total. The zero-order valence-electron chi connectivity index (χ0n) is 8.88. The third-order valence-electron chi connectivity index (χ3n) is 2.41. The van der Waals surface area contributed by atoms with Gasteiger partial charge in [0.25, 0.3) is 0 Å². The number of nitrogens with zero attached hydrogens (tertiary/aromatic N) is 1. The molecule has 1 N–H and O–H groups in total. The third kappa shape index (κ3) is 2.26. The standard InChI is InChI=1S/C11H9F3N2S/c1-7-6-15-10(17)16(7)9-4-2-8(3-5-9)11(12,13)14/h2-6H,1H3,(H,15,17). The number of aromatic amines is 1. The molecule has 17 heavy (non-hydrogen) atoms. The molecule has 1 aromatic carbocycles. The number of H-pyrrole nitrogens is 1. The summed E-state index contributed by atoms with van der Waals surface area (Å²) in [6.45, 7) is 1.82. The average molecular weight is 258 g/mol. The van der Waals surface area contributed by atoms with Gasteiger partial charge >= 0.3 is 6.18 Å². The Morgan fingerprint density at radius 2 is 1.76 bits per heavy atom. The molecule has 0 amide bonds. The molecule has 1 aromatic heterocycles. The van der Waals surface area contributed by atoms with Crippen molar-refractivity contribution in [2.24, 2.45) is 0 Å². The second kappa shape index (κ2) is 4.03. The van der Waals surface area contributed by atoms with Crippen molar-refractivity contribution in [2.75, 3.05) is 0 Å². The normalized spacial score (nSPS) is 11.8. The molecule has 0 aliphatic heterocycles. The predicted molar refractivity (Wildman–Crippen MR) is 60.7 cm³/mol. The van der Waals surface area contributed by atoms with Crippen molar-refractivity contribution < 1.29 is 13.2 Å². The lowest BCUT2D eigenvalue weighted by Gasteiger charge is -2.09.